The molecule has 126 valence electrons. The van der Waals surface area contributed by atoms with Crippen molar-refractivity contribution in [3.8, 4) is 0 Å². The van der Waals surface area contributed by atoms with Gasteiger partial charge >= 0.3 is 0 Å². The Morgan fingerprint density at radius 2 is 1.60 bits per heavy atom. The van der Waals surface area contributed by atoms with Crippen LogP contribution in [-0.4, -0.2) is 20.9 Å². The van der Waals surface area contributed by atoms with Gasteiger partial charge in [0, 0.05) is 10.8 Å². The van der Waals surface area contributed by atoms with Crippen LogP contribution in [0.5, 0.6) is 0 Å². The van der Waals surface area contributed by atoms with Gasteiger partial charge in [-0.3, -0.25) is 9.10 Å². The van der Waals surface area contributed by atoms with Crippen molar-refractivity contribution in [2.45, 2.75) is 4.90 Å². The van der Waals surface area contributed by atoms with E-state index in [0.29, 0.717) is 11.4 Å². The fraction of sp³-hybridized carbons (Fsp3) is 0.0556. The van der Waals surface area contributed by atoms with Gasteiger partial charge in [0.05, 0.1) is 16.3 Å². The largest absolute Gasteiger partial charge is 0.323 e. The van der Waals surface area contributed by atoms with Gasteiger partial charge in [0.25, 0.3) is 10.0 Å². The van der Waals surface area contributed by atoms with E-state index in [0.717, 1.165) is 10.4 Å². The molecule has 0 aromatic heterocycles. The Hall–Kier alpha value is -2.93. The molecule has 0 saturated heterocycles. The van der Waals surface area contributed by atoms with E-state index in [1.807, 2.05) is 0 Å². The summed E-state index contributed by atoms with van der Waals surface area (Å²) in [7, 11) is -4.05. The molecule has 0 atom stereocenters. The molecule has 0 bridgehead atoms. The van der Waals surface area contributed by atoms with Crippen LogP contribution in [0.25, 0.3) is 10.8 Å². The Morgan fingerprint density at radius 1 is 0.920 bits per heavy atom. The first kappa shape index (κ1) is 15.6. The van der Waals surface area contributed by atoms with Gasteiger partial charge in [-0.05, 0) is 24.3 Å². The van der Waals surface area contributed by atoms with Crippen LogP contribution in [-0.2, 0) is 14.8 Å². The lowest BCUT2D eigenvalue weighted by Crippen LogP contribution is -2.42. The summed E-state index contributed by atoms with van der Waals surface area (Å²) in [5.41, 5.74) is 0.809. The highest BCUT2D eigenvalue weighted by Crippen LogP contribution is 2.35. The number of sulfonamides is 1. The van der Waals surface area contributed by atoms with Gasteiger partial charge in [0.1, 0.15) is 12.4 Å². The summed E-state index contributed by atoms with van der Waals surface area (Å²) >= 11 is 0. The predicted molar refractivity (Wildman–Crippen MR) is 93.5 cm³/mol. The molecule has 1 heterocycles. The highest BCUT2D eigenvalue weighted by molar-refractivity contribution is 7.93. The van der Waals surface area contributed by atoms with Gasteiger partial charge in [-0.25, -0.2) is 12.8 Å². The molecule has 1 N–H and O–H groups in total. The number of para-hydroxylation sites is 2. The highest BCUT2D eigenvalue weighted by Gasteiger charge is 2.33. The number of hydrogen-bond donors (Lipinski definition) is 1. The Kier molecular flexibility index (Phi) is 3.47. The topological polar surface area (TPSA) is 66.5 Å². The SMILES string of the molecule is O=C1CN(S(=O)(=O)c2ccc(F)c3ccccc23)c2ccccc2N1. The van der Waals surface area contributed by atoms with Crippen LogP contribution >= 0.6 is 0 Å². The van der Waals surface area contributed by atoms with Crippen molar-refractivity contribution in [3.63, 3.8) is 0 Å². The van der Waals surface area contributed by atoms with E-state index in [1.165, 1.54) is 12.1 Å². The molecule has 0 fully saturated rings. The van der Waals surface area contributed by atoms with Gasteiger partial charge in [0.2, 0.25) is 5.91 Å². The number of carbonyl (C=O) groups excluding carboxylic acids is 1. The number of amides is 1. The summed E-state index contributed by atoms with van der Waals surface area (Å²) in [6.45, 7) is -0.328. The zero-order chi connectivity index (χ0) is 17.6. The van der Waals surface area contributed by atoms with Crippen molar-refractivity contribution in [1.82, 2.24) is 0 Å². The van der Waals surface area contributed by atoms with Crippen LogP contribution in [0, 0.1) is 5.82 Å². The van der Waals surface area contributed by atoms with Gasteiger partial charge in [0.15, 0.2) is 0 Å². The van der Waals surface area contributed by atoms with E-state index >= 15 is 0 Å². The normalized spacial score (nSPS) is 14.3. The van der Waals surface area contributed by atoms with Crippen molar-refractivity contribution in [1.29, 1.82) is 0 Å². The molecule has 5 nitrogen and oxygen atoms in total. The number of nitrogens with zero attached hydrogens (tertiary/aromatic N) is 1. The maximum atomic E-state index is 14.0. The number of rotatable bonds is 2. The van der Waals surface area contributed by atoms with Crippen LogP contribution in [0.3, 0.4) is 0 Å². The van der Waals surface area contributed by atoms with Crippen molar-refractivity contribution in [2.24, 2.45) is 0 Å². The summed E-state index contributed by atoms with van der Waals surface area (Å²) in [6.07, 6.45) is 0. The minimum absolute atomic E-state index is 0.0333. The zero-order valence-electron chi connectivity index (χ0n) is 12.9. The second-order valence-electron chi connectivity index (χ2n) is 5.67. The van der Waals surface area contributed by atoms with E-state index in [1.54, 1.807) is 42.5 Å². The molecular weight excluding hydrogens is 343 g/mol. The van der Waals surface area contributed by atoms with Gasteiger partial charge in [-0.2, -0.15) is 0 Å². The molecular formula is C18H13FN2O3S. The molecule has 3 aromatic carbocycles. The maximum absolute atomic E-state index is 14.0. The first-order valence-corrected chi connectivity index (χ1v) is 9.01. The monoisotopic (exact) mass is 356 g/mol. The Balaban J connectivity index is 1.95. The minimum atomic E-state index is -4.05. The summed E-state index contributed by atoms with van der Waals surface area (Å²) in [5, 5.41) is 3.16. The second kappa shape index (κ2) is 5.56. The van der Waals surface area contributed by atoms with Crippen LogP contribution in [0.2, 0.25) is 0 Å². The smallest absolute Gasteiger partial charge is 0.265 e. The molecule has 25 heavy (non-hydrogen) atoms. The van der Waals surface area contributed by atoms with Crippen LogP contribution in [0.4, 0.5) is 15.8 Å². The molecule has 0 saturated carbocycles. The van der Waals surface area contributed by atoms with Gasteiger partial charge in [-0.15, -0.1) is 0 Å². The fourth-order valence-electron chi connectivity index (χ4n) is 2.99. The average Bonchev–Trinajstić information content (AvgIpc) is 2.61. The Labute approximate surface area is 143 Å². The number of carbonyl (C=O) groups is 1. The molecule has 1 aliphatic rings. The van der Waals surface area contributed by atoms with E-state index in [9.17, 15) is 17.6 Å². The van der Waals surface area contributed by atoms with Gasteiger partial charge in [-0.1, -0.05) is 36.4 Å². The van der Waals surface area contributed by atoms with Crippen LogP contribution in [0.1, 0.15) is 0 Å². The van der Waals surface area contributed by atoms with Crippen LogP contribution in [0.15, 0.2) is 65.6 Å². The van der Waals surface area contributed by atoms with E-state index in [4.69, 9.17) is 0 Å². The summed E-state index contributed by atoms with van der Waals surface area (Å²) in [6, 6.07) is 15.4. The van der Waals surface area contributed by atoms with Crippen molar-refractivity contribution in [3.05, 3.63) is 66.5 Å². The molecule has 3 aromatic rings. The molecule has 0 radical (unpaired) electrons. The average molecular weight is 356 g/mol. The number of benzene rings is 3. The number of fused-ring (bicyclic) bond motifs is 2. The fourth-order valence-corrected chi connectivity index (χ4v) is 4.63. The quantitative estimate of drug-likeness (QED) is 0.767. The molecule has 4 rings (SSSR count). The second-order valence-corrected chi connectivity index (χ2v) is 7.50. The standard InChI is InChI=1S/C18H13FN2O3S/c19-14-9-10-17(13-6-2-1-5-12(13)14)25(23,24)21-11-18(22)20-15-7-3-4-8-16(15)21/h1-10H,11H2,(H,20,22). The third kappa shape index (κ3) is 2.44. The van der Waals surface area contributed by atoms with E-state index in [2.05, 4.69) is 5.32 Å². The lowest BCUT2D eigenvalue weighted by molar-refractivity contribution is -0.115. The molecule has 0 aliphatic carbocycles. The molecule has 7 heteroatoms. The third-order valence-corrected chi connectivity index (χ3v) is 5.95. The van der Waals surface area contributed by atoms with Crippen LogP contribution < -0.4 is 9.62 Å². The highest BCUT2D eigenvalue weighted by atomic mass is 32.2. The summed E-state index contributed by atoms with van der Waals surface area (Å²) in [4.78, 5) is 11.9. The van der Waals surface area contributed by atoms with Gasteiger partial charge < -0.3 is 5.32 Å². The first-order chi connectivity index (χ1) is 12.0. The third-order valence-electron chi connectivity index (χ3n) is 4.13. The number of nitrogens with one attached hydrogen (secondary N) is 1. The minimum Gasteiger partial charge on any atom is -0.323 e. The zero-order valence-corrected chi connectivity index (χ0v) is 13.8. The van der Waals surface area contributed by atoms with Crippen molar-refractivity contribution >= 4 is 38.1 Å². The molecule has 0 unspecified atom stereocenters. The van der Waals surface area contributed by atoms with E-state index in [-0.39, 0.29) is 22.2 Å². The molecule has 0 spiro atoms. The molecule has 1 amide bonds. The number of anilines is 2. The first-order valence-electron chi connectivity index (χ1n) is 7.57. The summed E-state index contributed by atoms with van der Waals surface area (Å²) < 4.78 is 41.6. The Bertz CT molecular complexity index is 1110. The molecule has 1 aliphatic heterocycles. The lowest BCUT2D eigenvalue weighted by atomic mass is 10.1. The predicted octanol–water partition coefficient (Wildman–Crippen LogP) is 3.13. The number of hydrogen-bond acceptors (Lipinski definition) is 3. The maximum Gasteiger partial charge on any atom is 0.265 e. The summed E-state index contributed by atoms with van der Waals surface area (Å²) in [5.74, 6) is -0.917. The van der Waals surface area contributed by atoms with Crippen molar-refractivity contribution < 1.29 is 17.6 Å². The van der Waals surface area contributed by atoms with Crippen molar-refractivity contribution in [2.75, 3.05) is 16.2 Å². The number of halogens is 1. The lowest BCUT2D eigenvalue weighted by Gasteiger charge is -2.30. The van der Waals surface area contributed by atoms with E-state index < -0.39 is 21.7 Å². The Morgan fingerprint density at radius 3 is 2.40 bits per heavy atom.